The first-order valence-electron chi connectivity index (χ1n) is 9.24. The first-order valence-corrected chi connectivity index (χ1v) is 9.24. The molecule has 0 aliphatic heterocycles. The summed E-state index contributed by atoms with van der Waals surface area (Å²) >= 11 is 0. The van der Waals surface area contributed by atoms with Gasteiger partial charge in [0.05, 0.1) is 6.61 Å². The minimum Gasteiger partial charge on any atom is -0.491 e. The normalized spacial score (nSPS) is 12.1. The molecular weight excluding hydrogens is 375 g/mol. The van der Waals surface area contributed by atoms with Crippen LogP contribution in [-0.2, 0) is 16.0 Å². The molecule has 0 fully saturated rings. The van der Waals surface area contributed by atoms with E-state index in [1.165, 1.54) is 0 Å². The maximum atomic E-state index is 12.0. The van der Waals surface area contributed by atoms with E-state index in [2.05, 4.69) is 20.4 Å². The number of halogens is 3. The largest absolute Gasteiger partial charge is 0.491 e. The van der Waals surface area contributed by atoms with Crippen molar-refractivity contribution in [2.45, 2.75) is 33.0 Å². The molecule has 1 aromatic rings. The van der Waals surface area contributed by atoms with Crippen LogP contribution in [0.2, 0.25) is 0 Å². The molecule has 0 unspecified atom stereocenters. The van der Waals surface area contributed by atoms with Gasteiger partial charge in [0.15, 0.2) is 5.96 Å². The van der Waals surface area contributed by atoms with E-state index in [1.54, 1.807) is 7.05 Å². The van der Waals surface area contributed by atoms with Crippen LogP contribution in [-0.4, -0.2) is 58.8 Å². The summed E-state index contributed by atoms with van der Waals surface area (Å²) in [4.78, 5) is 4.11. The Labute approximate surface area is 164 Å². The van der Waals surface area contributed by atoms with Crippen molar-refractivity contribution in [1.82, 2.24) is 10.6 Å². The lowest BCUT2D eigenvalue weighted by Crippen LogP contribution is -2.37. The van der Waals surface area contributed by atoms with Crippen molar-refractivity contribution in [1.29, 1.82) is 0 Å². The van der Waals surface area contributed by atoms with Crippen molar-refractivity contribution in [2.75, 3.05) is 46.6 Å². The fourth-order valence-electron chi connectivity index (χ4n) is 2.27. The highest BCUT2D eigenvalue weighted by Crippen LogP contribution is 2.20. The first-order chi connectivity index (χ1) is 13.4. The number of ether oxygens (including phenoxy) is 3. The van der Waals surface area contributed by atoms with Gasteiger partial charge in [0.25, 0.3) is 0 Å². The quantitative estimate of drug-likeness (QED) is 0.318. The SMILES string of the molecule is CCOCCOc1cc(C)ccc1CNC(=NC)NCCCOCC(F)(F)F. The lowest BCUT2D eigenvalue weighted by molar-refractivity contribution is -0.173. The summed E-state index contributed by atoms with van der Waals surface area (Å²) < 4.78 is 51.7. The molecule has 0 aliphatic carbocycles. The molecule has 0 saturated heterocycles. The second kappa shape index (κ2) is 13.2. The molecule has 0 saturated carbocycles. The van der Waals surface area contributed by atoms with Crippen LogP contribution < -0.4 is 15.4 Å². The van der Waals surface area contributed by atoms with Crippen LogP contribution in [0.1, 0.15) is 24.5 Å². The summed E-state index contributed by atoms with van der Waals surface area (Å²) in [6.45, 7) is 5.31. The minimum atomic E-state index is -4.29. The molecule has 1 aromatic carbocycles. The number of nitrogens with zero attached hydrogens (tertiary/aromatic N) is 1. The molecule has 0 atom stereocenters. The van der Waals surface area contributed by atoms with Crippen LogP contribution in [0.5, 0.6) is 5.75 Å². The standard InChI is InChI=1S/C19H30F3N3O3/c1-4-26-10-11-28-17-12-15(2)6-7-16(17)13-25-18(23-3)24-8-5-9-27-14-19(20,21)22/h6-7,12H,4-5,8-11,13-14H2,1-3H3,(H2,23,24,25). The van der Waals surface area contributed by atoms with E-state index in [1.807, 2.05) is 32.0 Å². The number of benzene rings is 1. The number of hydrogen-bond donors (Lipinski definition) is 2. The molecular formula is C19H30F3N3O3. The topological polar surface area (TPSA) is 64.1 Å². The van der Waals surface area contributed by atoms with Gasteiger partial charge in [0, 0.05) is 38.9 Å². The first kappa shape index (κ1) is 24.0. The van der Waals surface area contributed by atoms with E-state index in [0.29, 0.717) is 45.3 Å². The average Bonchev–Trinajstić information content (AvgIpc) is 2.64. The van der Waals surface area contributed by atoms with Gasteiger partial charge in [-0.3, -0.25) is 4.99 Å². The second-order valence-corrected chi connectivity index (χ2v) is 6.03. The van der Waals surface area contributed by atoms with Gasteiger partial charge in [-0.1, -0.05) is 12.1 Å². The maximum absolute atomic E-state index is 12.0. The molecule has 1 rings (SSSR count). The number of rotatable bonds is 12. The molecule has 9 heteroatoms. The van der Waals surface area contributed by atoms with Gasteiger partial charge in [0.2, 0.25) is 0 Å². The predicted octanol–water partition coefficient (Wildman–Crippen LogP) is 3.04. The molecule has 160 valence electrons. The Morgan fingerprint density at radius 3 is 2.57 bits per heavy atom. The summed E-state index contributed by atoms with van der Waals surface area (Å²) in [6, 6.07) is 5.95. The van der Waals surface area contributed by atoms with E-state index in [4.69, 9.17) is 9.47 Å². The Hall–Kier alpha value is -2.00. The summed E-state index contributed by atoms with van der Waals surface area (Å²) in [5, 5.41) is 6.21. The zero-order chi connectivity index (χ0) is 20.8. The molecule has 0 spiro atoms. The number of alkyl halides is 3. The van der Waals surface area contributed by atoms with Crippen LogP contribution in [0.4, 0.5) is 13.2 Å². The average molecular weight is 405 g/mol. The number of aryl methyl sites for hydroxylation is 1. The van der Waals surface area contributed by atoms with Gasteiger partial charge < -0.3 is 24.8 Å². The Kier molecular flexibility index (Phi) is 11.4. The smallest absolute Gasteiger partial charge is 0.411 e. The van der Waals surface area contributed by atoms with Gasteiger partial charge in [-0.05, 0) is 31.9 Å². The molecule has 2 N–H and O–H groups in total. The van der Waals surface area contributed by atoms with E-state index >= 15 is 0 Å². The third-order valence-corrected chi connectivity index (χ3v) is 3.61. The molecule has 0 aliphatic rings. The number of hydrogen-bond acceptors (Lipinski definition) is 4. The highest BCUT2D eigenvalue weighted by atomic mass is 19.4. The van der Waals surface area contributed by atoms with E-state index in [0.717, 1.165) is 16.9 Å². The van der Waals surface area contributed by atoms with Crippen molar-refractivity contribution in [2.24, 2.45) is 4.99 Å². The number of aliphatic imine (C=N–C) groups is 1. The predicted molar refractivity (Wildman–Crippen MR) is 103 cm³/mol. The number of nitrogens with one attached hydrogen (secondary N) is 2. The Bertz CT molecular complexity index is 596. The summed E-state index contributed by atoms with van der Waals surface area (Å²) in [5.74, 6) is 1.33. The van der Waals surface area contributed by atoms with Crippen LogP contribution in [0.15, 0.2) is 23.2 Å². The molecule has 0 aromatic heterocycles. The molecule has 0 heterocycles. The minimum absolute atomic E-state index is 0.0271. The van der Waals surface area contributed by atoms with Crippen LogP contribution in [0.25, 0.3) is 0 Å². The van der Waals surface area contributed by atoms with Gasteiger partial charge >= 0.3 is 6.18 Å². The van der Waals surface area contributed by atoms with Crippen molar-refractivity contribution in [3.8, 4) is 5.75 Å². The second-order valence-electron chi connectivity index (χ2n) is 6.03. The molecule has 0 radical (unpaired) electrons. The molecule has 28 heavy (non-hydrogen) atoms. The summed E-state index contributed by atoms with van der Waals surface area (Å²) in [7, 11) is 1.63. The van der Waals surface area contributed by atoms with E-state index < -0.39 is 12.8 Å². The fraction of sp³-hybridized carbons (Fsp3) is 0.632. The van der Waals surface area contributed by atoms with Crippen molar-refractivity contribution in [3.05, 3.63) is 29.3 Å². The van der Waals surface area contributed by atoms with Crippen LogP contribution >= 0.6 is 0 Å². The third-order valence-electron chi connectivity index (χ3n) is 3.61. The zero-order valence-electron chi connectivity index (χ0n) is 16.7. The summed E-state index contributed by atoms with van der Waals surface area (Å²) in [6.07, 6.45) is -3.85. The van der Waals surface area contributed by atoms with Gasteiger partial charge in [-0.15, -0.1) is 0 Å². The molecule has 0 bridgehead atoms. The zero-order valence-corrected chi connectivity index (χ0v) is 16.7. The third kappa shape index (κ3) is 11.0. The van der Waals surface area contributed by atoms with Crippen molar-refractivity contribution in [3.63, 3.8) is 0 Å². The van der Waals surface area contributed by atoms with Crippen LogP contribution in [0.3, 0.4) is 0 Å². The Morgan fingerprint density at radius 1 is 1.11 bits per heavy atom. The molecule has 6 nitrogen and oxygen atoms in total. The lowest BCUT2D eigenvalue weighted by Gasteiger charge is -2.15. The Morgan fingerprint density at radius 2 is 1.89 bits per heavy atom. The fourth-order valence-corrected chi connectivity index (χ4v) is 2.27. The highest BCUT2D eigenvalue weighted by molar-refractivity contribution is 5.79. The van der Waals surface area contributed by atoms with Gasteiger partial charge in [0.1, 0.15) is 19.0 Å². The van der Waals surface area contributed by atoms with E-state index in [-0.39, 0.29) is 6.61 Å². The van der Waals surface area contributed by atoms with Gasteiger partial charge in [-0.2, -0.15) is 13.2 Å². The Balaban J connectivity index is 2.39. The van der Waals surface area contributed by atoms with E-state index in [9.17, 15) is 13.2 Å². The molecule has 0 amide bonds. The van der Waals surface area contributed by atoms with Crippen molar-refractivity contribution >= 4 is 5.96 Å². The number of guanidine groups is 1. The van der Waals surface area contributed by atoms with Crippen LogP contribution in [0, 0.1) is 6.92 Å². The van der Waals surface area contributed by atoms with Gasteiger partial charge in [-0.25, -0.2) is 0 Å². The maximum Gasteiger partial charge on any atom is 0.411 e. The van der Waals surface area contributed by atoms with Crippen molar-refractivity contribution < 1.29 is 27.4 Å². The highest BCUT2D eigenvalue weighted by Gasteiger charge is 2.27. The summed E-state index contributed by atoms with van der Waals surface area (Å²) in [5.41, 5.74) is 2.06. The monoisotopic (exact) mass is 405 g/mol. The lowest BCUT2D eigenvalue weighted by atomic mass is 10.1.